The summed E-state index contributed by atoms with van der Waals surface area (Å²) in [6.07, 6.45) is -1.05. The van der Waals surface area contributed by atoms with E-state index in [1.807, 2.05) is 6.07 Å². The Labute approximate surface area is 166 Å². The number of likely N-dealkylation sites (tertiary alicyclic amines) is 1. The van der Waals surface area contributed by atoms with Crippen molar-refractivity contribution in [2.24, 2.45) is 0 Å². The van der Waals surface area contributed by atoms with Gasteiger partial charge in [0.2, 0.25) is 0 Å². The van der Waals surface area contributed by atoms with Gasteiger partial charge < -0.3 is 9.72 Å². The number of ether oxygens (including phenoxy) is 1. The molecule has 1 atom stereocenters. The van der Waals surface area contributed by atoms with Gasteiger partial charge in [-0.05, 0) is 63.2 Å². The summed E-state index contributed by atoms with van der Waals surface area (Å²) in [5.74, 6) is 1.02. The van der Waals surface area contributed by atoms with Crippen LogP contribution in [0.25, 0.3) is 22.4 Å². The normalized spacial score (nSPS) is 18.3. The second kappa shape index (κ2) is 7.33. The van der Waals surface area contributed by atoms with Gasteiger partial charge >= 0.3 is 6.18 Å². The number of hydrogen-bond donors (Lipinski definition) is 1. The summed E-state index contributed by atoms with van der Waals surface area (Å²) in [6.45, 7) is 2.66. The Kier molecular flexibility index (Phi) is 4.98. The summed E-state index contributed by atoms with van der Waals surface area (Å²) >= 11 is 0. The van der Waals surface area contributed by atoms with Gasteiger partial charge in [-0.1, -0.05) is 6.42 Å². The lowest BCUT2D eigenvalue weighted by molar-refractivity contribution is -0.137. The van der Waals surface area contributed by atoms with Crippen molar-refractivity contribution in [3.05, 3.63) is 41.2 Å². The van der Waals surface area contributed by atoms with Crippen LogP contribution in [0.2, 0.25) is 0 Å². The molecule has 8 heteroatoms. The Bertz CT molecular complexity index is 1040. The number of piperidine rings is 1. The SMILES string of the molecule is COc1cc(C(F)(F)F)cc(C)c1-c1ccc2[nH]c(C3CCCCN3C)nc2n1. The maximum absolute atomic E-state index is 13.1. The molecule has 0 bridgehead atoms. The number of aryl methyl sites for hydroxylation is 1. The maximum atomic E-state index is 13.1. The first-order chi connectivity index (χ1) is 13.8. The fourth-order valence-corrected chi connectivity index (χ4v) is 4.04. The van der Waals surface area contributed by atoms with Crippen LogP contribution in [-0.2, 0) is 6.18 Å². The Morgan fingerprint density at radius 1 is 1.17 bits per heavy atom. The Hall–Kier alpha value is -2.61. The van der Waals surface area contributed by atoms with Crippen LogP contribution in [0, 0.1) is 6.92 Å². The monoisotopic (exact) mass is 404 g/mol. The number of hydrogen-bond acceptors (Lipinski definition) is 4. The van der Waals surface area contributed by atoms with Crippen molar-refractivity contribution < 1.29 is 17.9 Å². The summed E-state index contributed by atoms with van der Waals surface area (Å²) in [4.78, 5) is 14.9. The number of aromatic amines is 1. The molecule has 0 amide bonds. The summed E-state index contributed by atoms with van der Waals surface area (Å²) < 4.78 is 44.7. The molecule has 3 heterocycles. The van der Waals surface area contributed by atoms with Crippen LogP contribution in [-0.4, -0.2) is 40.6 Å². The average Bonchev–Trinajstić information content (AvgIpc) is 3.09. The molecule has 2 aromatic heterocycles. The summed E-state index contributed by atoms with van der Waals surface area (Å²) in [5, 5.41) is 0. The molecule has 154 valence electrons. The number of H-pyrrole nitrogens is 1. The molecule has 5 nitrogen and oxygen atoms in total. The van der Waals surface area contributed by atoms with E-state index in [9.17, 15) is 13.2 Å². The van der Waals surface area contributed by atoms with E-state index in [1.54, 1.807) is 13.0 Å². The Morgan fingerprint density at radius 2 is 1.97 bits per heavy atom. The standard InChI is InChI=1S/C21H23F3N4O/c1-12-10-13(21(22,23)24)11-17(29-3)18(12)14-7-8-15-19(25-14)27-20(26-15)16-6-4-5-9-28(16)2/h7-8,10-11,16H,4-6,9H2,1-3H3,(H,25,26,27). The van der Waals surface area contributed by atoms with E-state index in [0.29, 0.717) is 22.5 Å². The molecule has 1 N–H and O–H groups in total. The van der Waals surface area contributed by atoms with E-state index in [2.05, 4.69) is 26.9 Å². The third-order valence-corrected chi connectivity index (χ3v) is 5.55. The number of aromatic nitrogens is 3. The van der Waals surface area contributed by atoms with Gasteiger partial charge in [0.15, 0.2) is 5.65 Å². The number of rotatable bonds is 3. The van der Waals surface area contributed by atoms with Gasteiger partial charge in [0.25, 0.3) is 0 Å². The number of nitrogens with one attached hydrogen (secondary N) is 1. The van der Waals surface area contributed by atoms with Crippen LogP contribution in [0.5, 0.6) is 5.75 Å². The second-order valence-electron chi connectivity index (χ2n) is 7.55. The van der Waals surface area contributed by atoms with Crippen LogP contribution < -0.4 is 4.74 Å². The van der Waals surface area contributed by atoms with Gasteiger partial charge in [-0.25, -0.2) is 9.97 Å². The molecule has 1 aliphatic rings. The zero-order valence-corrected chi connectivity index (χ0v) is 16.6. The van der Waals surface area contributed by atoms with Gasteiger partial charge in [-0.2, -0.15) is 13.2 Å². The molecule has 0 radical (unpaired) electrons. The van der Waals surface area contributed by atoms with Crippen LogP contribution in [0.15, 0.2) is 24.3 Å². The van der Waals surface area contributed by atoms with Crippen molar-refractivity contribution in [1.82, 2.24) is 19.9 Å². The van der Waals surface area contributed by atoms with Crippen LogP contribution >= 0.6 is 0 Å². The van der Waals surface area contributed by atoms with Crippen LogP contribution in [0.4, 0.5) is 13.2 Å². The number of methoxy groups -OCH3 is 1. The van der Waals surface area contributed by atoms with E-state index >= 15 is 0 Å². The summed E-state index contributed by atoms with van der Waals surface area (Å²) in [6, 6.07) is 6.02. The lowest BCUT2D eigenvalue weighted by Crippen LogP contribution is -2.30. The van der Waals surface area contributed by atoms with E-state index < -0.39 is 11.7 Å². The molecule has 0 spiro atoms. The number of fused-ring (bicyclic) bond motifs is 1. The van der Waals surface area contributed by atoms with E-state index in [0.717, 1.165) is 42.9 Å². The van der Waals surface area contributed by atoms with Gasteiger partial charge in [-0.3, -0.25) is 4.90 Å². The van der Waals surface area contributed by atoms with Crippen molar-refractivity contribution in [2.75, 3.05) is 20.7 Å². The summed E-state index contributed by atoms with van der Waals surface area (Å²) in [7, 11) is 3.45. The molecule has 1 aromatic carbocycles. The minimum Gasteiger partial charge on any atom is -0.496 e. The number of imidazole rings is 1. The van der Waals surface area contributed by atoms with Crippen molar-refractivity contribution in [1.29, 1.82) is 0 Å². The first kappa shape index (κ1) is 19.7. The Balaban J connectivity index is 1.77. The van der Waals surface area contributed by atoms with Crippen molar-refractivity contribution >= 4 is 11.2 Å². The van der Waals surface area contributed by atoms with Crippen molar-refractivity contribution in [2.45, 2.75) is 38.4 Å². The predicted molar refractivity (Wildman–Crippen MR) is 105 cm³/mol. The molecule has 1 saturated heterocycles. The molecule has 1 aliphatic heterocycles. The summed E-state index contributed by atoms with van der Waals surface area (Å²) in [5.41, 5.74) is 2.16. The molecule has 3 aromatic rings. The highest BCUT2D eigenvalue weighted by molar-refractivity contribution is 5.79. The second-order valence-corrected chi connectivity index (χ2v) is 7.55. The molecule has 1 fully saturated rings. The molecular formula is C21H23F3N4O. The quantitative estimate of drug-likeness (QED) is 0.659. The van der Waals surface area contributed by atoms with E-state index in [1.165, 1.54) is 13.5 Å². The zero-order chi connectivity index (χ0) is 20.8. The number of alkyl halides is 3. The van der Waals surface area contributed by atoms with Crippen LogP contribution in [0.3, 0.4) is 0 Å². The third kappa shape index (κ3) is 3.69. The number of pyridine rings is 1. The van der Waals surface area contributed by atoms with Gasteiger partial charge in [0, 0.05) is 5.56 Å². The third-order valence-electron chi connectivity index (χ3n) is 5.55. The molecular weight excluding hydrogens is 381 g/mol. The molecule has 0 saturated carbocycles. The van der Waals surface area contributed by atoms with Crippen molar-refractivity contribution in [3.8, 4) is 17.0 Å². The fourth-order valence-electron chi connectivity index (χ4n) is 4.04. The minimum atomic E-state index is -4.43. The topological polar surface area (TPSA) is 54.0 Å². The van der Waals surface area contributed by atoms with Gasteiger partial charge in [0.05, 0.1) is 29.9 Å². The van der Waals surface area contributed by atoms with Crippen molar-refractivity contribution in [3.63, 3.8) is 0 Å². The smallest absolute Gasteiger partial charge is 0.416 e. The highest BCUT2D eigenvalue weighted by Gasteiger charge is 2.32. The number of halogens is 3. The van der Waals surface area contributed by atoms with Crippen LogP contribution in [0.1, 0.15) is 42.3 Å². The van der Waals surface area contributed by atoms with Gasteiger partial charge in [-0.15, -0.1) is 0 Å². The fraction of sp³-hybridized carbons (Fsp3) is 0.429. The molecule has 29 heavy (non-hydrogen) atoms. The Morgan fingerprint density at radius 3 is 2.66 bits per heavy atom. The zero-order valence-electron chi connectivity index (χ0n) is 16.6. The van der Waals surface area contributed by atoms with E-state index in [-0.39, 0.29) is 11.8 Å². The lowest BCUT2D eigenvalue weighted by Gasteiger charge is -2.30. The highest BCUT2D eigenvalue weighted by Crippen LogP contribution is 2.39. The lowest BCUT2D eigenvalue weighted by atomic mass is 10.00. The average molecular weight is 404 g/mol. The molecule has 4 rings (SSSR count). The first-order valence-electron chi connectivity index (χ1n) is 9.61. The number of nitrogens with zero attached hydrogens (tertiary/aromatic N) is 3. The number of benzene rings is 1. The molecule has 0 aliphatic carbocycles. The molecule has 1 unspecified atom stereocenters. The maximum Gasteiger partial charge on any atom is 0.416 e. The largest absolute Gasteiger partial charge is 0.496 e. The van der Waals surface area contributed by atoms with Gasteiger partial charge in [0.1, 0.15) is 11.6 Å². The predicted octanol–water partition coefficient (Wildman–Crippen LogP) is 5.12. The minimum absolute atomic E-state index is 0.145. The first-order valence-corrected chi connectivity index (χ1v) is 9.61. The van der Waals surface area contributed by atoms with E-state index in [4.69, 9.17) is 4.74 Å². The highest BCUT2D eigenvalue weighted by atomic mass is 19.4.